The Hall–Kier alpha value is -3.20. The molecule has 0 unspecified atom stereocenters. The van der Waals surface area contributed by atoms with E-state index in [1.165, 1.54) is 12.1 Å². The molecule has 0 spiro atoms. The fraction of sp³-hybridized carbons (Fsp3) is 0.167. The fourth-order valence-corrected chi connectivity index (χ4v) is 3.42. The van der Waals surface area contributed by atoms with Gasteiger partial charge in [-0.2, -0.15) is 5.10 Å². The molecule has 1 aromatic heterocycles. The standard InChI is InChI=1S/C18H18N4O4S/c1-12-18(13(2)21(20-12)14-7-5-4-6-8-14)19-16-10-9-15(27(3,25)26)11-17(16)22(23)24/h4-11,19H,1-3H3. The van der Waals surface area contributed by atoms with Crippen LogP contribution in [-0.2, 0) is 9.84 Å². The first kappa shape index (κ1) is 18.6. The number of aryl methyl sites for hydroxylation is 1. The van der Waals surface area contributed by atoms with Crippen molar-refractivity contribution in [3.63, 3.8) is 0 Å². The first-order valence-corrected chi connectivity index (χ1v) is 9.95. The topological polar surface area (TPSA) is 107 Å². The maximum atomic E-state index is 11.7. The monoisotopic (exact) mass is 386 g/mol. The van der Waals surface area contributed by atoms with Crippen molar-refractivity contribution in [2.75, 3.05) is 11.6 Å². The molecular formula is C18H18N4O4S. The minimum atomic E-state index is -3.55. The number of aromatic nitrogens is 2. The first-order valence-electron chi connectivity index (χ1n) is 8.05. The van der Waals surface area contributed by atoms with E-state index in [2.05, 4.69) is 10.4 Å². The highest BCUT2D eigenvalue weighted by Crippen LogP contribution is 2.33. The highest BCUT2D eigenvalue weighted by atomic mass is 32.2. The summed E-state index contributed by atoms with van der Waals surface area (Å²) in [6.45, 7) is 3.65. The molecule has 0 atom stereocenters. The van der Waals surface area contributed by atoms with Gasteiger partial charge in [0.2, 0.25) is 0 Å². The van der Waals surface area contributed by atoms with E-state index in [-0.39, 0.29) is 16.3 Å². The number of para-hydroxylation sites is 1. The molecule has 0 aliphatic heterocycles. The Bertz CT molecular complexity index is 1120. The summed E-state index contributed by atoms with van der Waals surface area (Å²) in [6, 6.07) is 13.3. The number of anilines is 2. The molecule has 8 nitrogen and oxygen atoms in total. The van der Waals surface area contributed by atoms with Crippen molar-refractivity contribution in [2.24, 2.45) is 0 Å². The van der Waals surface area contributed by atoms with Gasteiger partial charge in [0.25, 0.3) is 5.69 Å². The summed E-state index contributed by atoms with van der Waals surface area (Å²) in [5, 5.41) is 19.0. The molecule has 0 aliphatic carbocycles. The van der Waals surface area contributed by atoms with Crippen LogP contribution >= 0.6 is 0 Å². The second-order valence-electron chi connectivity index (χ2n) is 6.13. The fourth-order valence-electron chi connectivity index (χ4n) is 2.78. The number of sulfone groups is 1. The van der Waals surface area contributed by atoms with Crippen LogP contribution in [0.15, 0.2) is 53.4 Å². The first-order chi connectivity index (χ1) is 12.7. The predicted molar refractivity (Wildman–Crippen MR) is 103 cm³/mol. The minimum Gasteiger partial charge on any atom is -0.347 e. The number of hydrogen-bond acceptors (Lipinski definition) is 6. The number of nitro groups is 1. The summed E-state index contributed by atoms with van der Waals surface area (Å²) in [5.74, 6) is 0. The van der Waals surface area contributed by atoms with Crippen molar-refractivity contribution < 1.29 is 13.3 Å². The maximum absolute atomic E-state index is 11.7. The molecule has 9 heteroatoms. The molecule has 2 aromatic carbocycles. The molecule has 0 radical (unpaired) electrons. The molecule has 0 saturated carbocycles. The smallest absolute Gasteiger partial charge is 0.293 e. The molecule has 0 saturated heterocycles. The lowest BCUT2D eigenvalue weighted by molar-refractivity contribution is -0.384. The van der Waals surface area contributed by atoms with Crippen LogP contribution in [0.5, 0.6) is 0 Å². The van der Waals surface area contributed by atoms with Crippen molar-refractivity contribution in [3.05, 3.63) is 70.0 Å². The summed E-state index contributed by atoms with van der Waals surface area (Å²) < 4.78 is 25.1. The van der Waals surface area contributed by atoms with Gasteiger partial charge in [-0.3, -0.25) is 10.1 Å². The van der Waals surface area contributed by atoms with E-state index in [1.807, 2.05) is 37.3 Å². The average molecular weight is 386 g/mol. The van der Waals surface area contributed by atoms with Crippen molar-refractivity contribution in [3.8, 4) is 5.69 Å². The number of benzene rings is 2. The van der Waals surface area contributed by atoms with Crippen LogP contribution in [0.2, 0.25) is 0 Å². The van der Waals surface area contributed by atoms with Gasteiger partial charge in [-0.05, 0) is 38.1 Å². The summed E-state index contributed by atoms with van der Waals surface area (Å²) in [5.41, 5.74) is 2.83. The SMILES string of the molecule is Cc1nn(-c2ccccc2)c(C)c1Nc1ccc(S(C)(=O)=O)cc1[N+](=O)[O-]. The van der Waals surface area contributed by atoms with Crippen LogP contribution in [0.3, 0.4) is 0 Å². The Morgan fingerprint density at radius 1 is 1.11 bits per heavy atom. The van der Waals surface area contributed by atoms with E-state index in [4.69, 9.17) is 0 Å². The number of nitrogens with zero attached hydrogens (tertiary/aromatic N) is 3. The van der Waals surface area contributed by atoms with Gasteiger partial charge in [-0.1, -0.05) is 18.2 Å². The Morgan fingerprint density at radius 3 is 2.37 bits per heavy atom. The summed E-state index contributed by atoms with van der Waals surface area (Å²) >= 11 is 0. The van der Waals surface area contributed by atoms with Crippen molar-refractivity contribution in [1.82, 2.24) is 9.78 Å². The maximum Gasteiger partial charge on any atom is 0.293 e. The van der Waals surface area contributed by atoms with Gasteiger partial charge in [-0.25, -0.2) is 13.1 Å². The molecule has 3 aromatic rings. The number of nitrogens with one attached hydrogen (secondary N) is 1. The van der Waals surface area contributed by atoms with Crippen LogP contribution in [0.25, 0.3) is 5.69 Å². The van der Waals surface area contributed by atoms with E-state index >= 15 is 0 Å². The molecule has 140 valence electrons. The van der Waals surface area contributed by atoms with Gasteiger partial charge in [0.1, 0.15) is 5.69 Å². The van der Waals surface area contributed by atoms with E-state index < -0.39 is 14.8 Å². The molecule has 0 amide bonds. The van der Waals surface area contributed by atoms with Gasteiger partial charge < -0.3 is 5.32 Å². The van der Waals surface area contributed by atoms with Crippen LogP contribution in [0.1, 0.15) is 11.4 Å². The lowest BCUT2D eigenvalue weighted by Gasteiger charge is -2.09. The summed E-state index contributed by atoms with van der Waals surface area (Å²) in [7, 11) is -3.55. The normalized spacial score (nSPS) is 11.4. The van der Waals surface area contributed by atoms with Crippen LogP contribution in [0.4, 0.5) is 17.1 Å². The van der Waals surface area contributed by atoms with E-state index in [0.29, 0.717) is 11.4 Å². The van der Waals surface area contributed by atoms with Crippen LogP contribution < -0.4 is 5.32 Å². The molecule has 0 fully saturated rings. The molecule has 27 heavy (non-hydrogen) atoms. The third-order valence-electron chi connectivity index (χ3n) is 4.15. The molecular weight excluding hydrogens is 368 g/mol. The molecule has 1 N–H and O–H groups in total. The van der Waals surface area contributed by atoms with Crippen LogP contribution in [-0.4, -0.2) is 29.4 Å². The zero-order valence-corrected chi connectivity index (χ0v) is 15.8. The van der Waals surface area contributed by atoms with Crippen molar-refractivity contribution >= 4 is 26.9 Å². The Labute approximate surface area is 156 Å². The highest BCUT2D eigenvalue weighted by molar-refractivity contribution is 7.90. The van der Waals surface area contributed by atoms with Gasteiger partial charge in [0.15, 0.2) is 9.84 Å². The van der Waals surface area contributed by atoms with Crippen molar-refractivity contribution in [2.45, 2.75) is 18.7 Å². The number of hydrogen-bond donors (Lipinski definition) is 1. The predicted octanol–water partition coefficient (Wildman–Crippen LogP) is 3.54. The molecule has 0 aliphatic rings. The van der Waals surface area contributed by atoms with E-state index in [1.54, 1.807) is 11.6 Å². The highest BCUT2D eigenvalue weighted by Gasteiger charge is 2.21. The van der Waals surface area contributed by atoms with E-state index in [0.717, 1.165) is 23.7 Å². The Kier molecular flexibility index (Phi) is 4.71. The van der Waals surface area contributed by atoms with Gasteiger partial charge in [-0.15, -0.1) is 0 Å². The Morgan fingerprint density at radius 2 is 1.78 bits per heavy atom. The summed E-state index contributed by atoms with van der Waals surface area (Å²) in [4.78, 5) is 10.7. The lowest BCUT2D eigenvalue weighted by atomic mass is 10.2. The third kappa shape index (κ3) is 3.68. The van der Waals surface area contributed by atoms with Crippen LogP contribution in [0, 0.1) is 24.0 Å². The minimum absolute atomic E-state index is 0.104. The molecule has 1 heterocycles. The largest absolute Gasteiger partial charge is 0.347 e. The number of nitro benzene ring substituents is 1. The van der Waals surface area contributed by atoms with Crippen molar-refractivity contribution in [1.29, 1.82) is 0 Å². The molecule has 3 rings (SSSR count). The van der Waals surface area contributed by atoms with Gasteiger partial charge in [0, 0.05) is 12.3 Å². The second kappa shape index (κ2) is 6.84. The van der Waals surface area contributed by atoms with Gasteiger partial charge in [0.05, 0.1) is 32.6 Å². The number of rotatable bonds is 5. The Balaban J connectivity index is 2.06. The summed E-state index contributed by atoms with van der Waals surface area (Å²) in [6.07, 6.45) is 1.01. The average Bonchev–Trinajstić information content (AvgIpc) is 2.90. The van der Waals surface area contributed by atoms with Gasteiger partial charge >= 0.3 is 0 Å². The zero-order chi connectivity index (χ0) is 19.8. The quantitative estimate of drug-likeness (QED) is 0.531. The molecule has 0 bridgehead atoms. The third-order valence-corrected chi connectivity index (χ3v) is 5.26. The second-order valence-corrected chi connectivity index (χ2v) is 8.14. The zero-order valence-electron chi connectivity index (χ0n) is 15.0. The van der Waals surface area contributed by atoms with E-state index in [9.17, 15) is 18.5 Å². The lowest BCUT2D eigenvalue weighted by Crippen LogP contribution is -2.03.